The summed E-state index contributed by atoms with van der Waals surface area (Å²) in [6, 6.07) is 10.5. The van der Waals surface area contributed by atoms with Gasteiger partial charge in [-0.1, -0.05) is 18.2 Å². The van der Waals surface area contributed by atoms with Gasteiger partial charge in [-0.05, 0) is 49.1 Å². The fraction of sp³-hybridized carbons (Fsp3) is 0.280. The Morgan fingerprint density at radius 2 is 2.12 bits per heavy atom. The molecule has 0 spiro atoms. The first-order chi connectivity index (χ1) is 16.0. The smallest absolute Gasteiger partial charge is 0.340 e. The van der Waals surface area contributed by atoms with Gasteiger partial charge in [-0.25, -0.2) is 4.79 Å². The second kappa shape index (κ2) is 7.88. The van der Waals surface area contributed by atoms with Gasteiger partial charge >= 0.3 is 5.97 Å². The number of aryl methyl sites for hydroxylation is 2. The van der Waals surface area contributed by atoms with Crippen LogP contribution in [0.25, 0.3) is 10.9 Å². The number of ether oxygens (including phenoxy) is 3. The summed E-state index contributed by atoms with van der Waals surface area (Å²) < 4.78 is 18.3. The van der Waals surface area contributed by atoms with Crippen molar-refractivity contribution < 1.29 is 24.1 Å². The lowest BCUT2D eigenvalue weighted by Crippen LogP contribution is -2.35. The summed E-state index contributed by atoms with van der Waals surface area (Å²) >= 11 is 0. The molecule has 3 aromatic rings. The van der Waals surface area contributed by atoms with E-state index in [4.69, 9.17) is 19.9 Å². The summed E-state index contributed by atoms with van der Waals surface area (Å²) in [7, 11) is 1.43. The highest BCUT2D eigenvalue weighted by atomic mass is 16.5. The minimum Gasteiger partial charge on any atom is -0.504 e. The van der Waals surface area contributed by atoms with Crippen molar-refractivity contribution >= 4 is 16.9 Å². The quantitative estimate of drug-likeness (QED) is 0.590. The van der Waals surface area contributed by atoms with E-state index in [0.717, 1.165) is 29.3 Å². The fourth-order valence-corrected chi connectivity index (χ4v) is 4.88. The third kappa shape index (κ3) is 3.13. The average molecular weight is 448 g/mol. The van der Waals surface area contributed by atoms with Crippen LogP contribution in [0.4, 0.5) is 0 Å². The minimum absolute atomic E-state index is 0.0494. The van der Waals surface area contributed by atoms with E-state index in [1.165, 1.54) is 13.2 Å². The molecule has 0 fully saturated rings. The van der Waals surface area contributed by atoms with Crippen molar-refractivity contribution in [2.24, 2.45) is 5.73 Å². The molecule has 2 aromatic carbocycles. The first-order valence-corrected chi connectivity index (χ1v) is 10.9. The number of nitrogens with two attached hydrogens (primary N) is 1. The lowest BCUT2D eigenvalue weighted by atomic mass is 9.82. The Morgan fingerprint density at radius 1 is 1.30 bits per heavy atom. The van der Waals surface area contributed by atoms with Gasteiger partial charge in [-0.3, -0.25) is 4.79 Å². The maximum Gasteiger partial charge on any atom is 0.340 e. The van der Waals surface area contributed by atoms with Crippen LogP contribution in [0.15, 0.2) is 52.6 Å². The standard InChI is InChI=1S/C25H24N2O6/c1-3-32-25(30)20-18(14-9-10-16(28)17(12-14)31-2)19-22(33-23(20)26)15-8-4-6-13-7-5-11-27(21(13)15)24(19)29/h4,6,8-10,12,18,28H,3,5,7,11,26H2,1-2H3. The summed E-state index contributed by atoms with van der Waals surface area (Å²) in [5, 5.41) is 10.9. The molecule has 3 heterocycles. The number of aromatic nitrogens is 1. The molecule has 0 amide bonds. The highest BCUT2D eigenvalue weighted by molar-refractivity contribution is 5.96. The molecule has 0 bridgehead atoms. The summed E-state index contributed by atoms with van der Waals surface area (Å²) in [5.41, 5.74) is 8.87. The summed E-state index contributed by atoms with van der Waals surface area (Å²) in [6.07, 6.45) is 1.71. The highest BCUT2D eigenvalue weighted by Crippen LogP contribution is 2.46. The number of pyridine rings is 1. The Bertz CT molecular complexity index is 1390. The van der Waals surface area contributed by atoms with Crippen LogP contribution in [0.3, 0.4) is 0 Å². The Morgan fingerprint density at radius 3 is 2.88 bits per heavy atom. The van der Waals surface area contributed by atoms with Gasteiger partial charge in [-0.15, -0.1) is 0 Å². The molecular formula is C25H24N2O6. The molecule has 2 aliphatic rings. The van der Waals surface area contributed by atoms with Crippen molar-refractivity contribution in [1.29, 1.82) is 0 Å². The normalized spacial score (nSPS) is 16.8. The lowest BCUT2D eigenvalue weighted by Gasteiger charge is -2.31. The fourth-order valence-electron chi connectivity index (χ4n) is 4.88. The summed E-state index contributed by atoms with van der Waals surface area (Å²) in [6.45, 7) is 2.40. The molecule has 8 heteroatoms. The number of rotatable bonds is 4. The number of nitrogens with zero attached hydrogens (tertiary/aromatic N) is 1. The summed E-state index contributed by atoms with van der Waals surface area (Å²) in [5.74, 6) is -1.13. The third-order valence-electron chi connectivity index (χ3n) is 6.27. The number of aromatic hydroxyl groups is 1. The van der Waals surface area contributed by atoms with Crippen LogP contribution in [0.1, 0.15) is 36.0 Å². The van der Waals surface area contributed by atoms with Crippen LogP contribution in [0, 0.1) is 0 Å². The van der Waals surface area contributed by atoms with E-state index in [2.05, 4.69) is 0 Å². The molecule has 1 atom stereocenters. The van der Waals surface area contributed by atoms with Crippen molar-refractivity contribution in [2.75, 3.05) is 13.7 Å². The van der Waals surface area contributed by atoms with Crippen LogP contribution in [0.5, 0.6) is 17.2 Å². The molecule has 2 aliphatic heterocycles. The Hall–Kier alpha value is -3.94. The van der Waals surface area contributed by atoms with E-state index in [-0.39, 0.29) is 35.1 Å². The van der Waals surface area contributed by atoms with E-state index in [0.29, 0.717) is 23.4 Å². The highest BCUT2D eigenvalue weighted by Gasteiger charge is 2.40. The first kappa shape index (κ1) is 20.9. The van der Waals surface area contributed by atoms with E-state index in [1.807, 2.05) is 18.2 Å². The number of methoxy groups -OCH3 is 1. The molecule has 0 saturated carbocycles. The Balaban J connectivity index is 1.86. The van der Waals surface area contributed by atoms with Gasteiger partial charge in [0.2, 0.25) is 5.88 Å². The number of phenolic OH excluding ortho intramolecular Hbond substituents is 1. The average Bonchev–Trinajstić information content (AvgIpc) is 2.82. The molecule has 8 nitrogen and oxygen atoms in total. The van der Waals surface area contributed by atoms with Crippen molar-refractivity contribution in [3.63, 3.8) is 0 Å². The second-order valence-electron chi connectivity index (χ2n) is 8.08. The lowest BCUT2D eigenvalue weighted by molar-refractivity contribution is -0.139. The zero-order valence-corrected chi connectivity index (χ0v) is 18.4. The van der Waals surface area contributed by atoms with E-state index in [1.54, 1.807) is 23.6 Å². The first-order valence-electron chi connectivity index (χ1n) is 10.9. The van der Waals surface area contributed by atoms with Gasteiger partial charge in [0.15, 0.2) is 11.5 Å². The van der Waals surface area contributed by atoms with Crippen molar-refractivity contribution in [2.45, 2.75) is 32.2 Å². The van der Waals surface area contributed by atoms with Crippen LogP contribution < -0.4 is 20.8 Å². The predicted molar refractivity (Wildman–Crippen MR) is 122 cm³/mol. The molecular weight excluding hydrogens is 424 g/mol. The van der Waals surface area contributed by atoms with Crippen molar-refractivity contribution in [1.82, 2.24) is 4.57 Å². The largest absolute Gasteiger partial charge is 0.504 e. The maximum atomic E-state index is 13.9. The number of hydrogen-bond acceptors (Lipinski definition) is 7. The van der Waals surface area contributed by atoms with Gasteiger partial charge < -0.3 is 29.6 Å². The van der Waals surface area contributed by atoms with Gasteiger partial charge in [0, 0.05) is 11.9 Å². The Kier molecular flexibility index (Phi) is 5.00. The van der Waals surface area contributed by atoms with Crippen LogP contribution >= 0.6 is 0 Å². The van der Waals surface area contributed by atoms with E-state index in [9.17, 15) is 14.7 Å². The van der Waals surface area contributed by atoms with Gasteiger partial charge in [0.25, 0.3) is 5.56 Å². The van der Waals surface area contributed by atoms with Crippen LogP contribution in [-0.4, -0.2) is 29.4 Å². The van der Waals surface area contributed by atoms with Gasteiger partial charge in [-0.2, -0.15) is 0 Å². The molecule has 170 valence electrons. The number of esters is 1. The predicted octanol–water partition coefficient (Wildman–Crippen LogP) is 2.92. The molecule has 5 rings (SSSR count). The molecule has 1 unspecified atom stereocenters. The van der Waals surface area contributed by atoms with Crippen molar-refractivity contribution in [3.8, 4) is 17.2 Å². The zero-order chi connectivity index (χ0) is 23.3. The van der Waals surface area contributed by atoms with Crippen LogP contribution in [-0.2, 0) is 22.5 Å². The molecule has 0 radical (unpaired) electrons. The molecule has 0 saturated heterocycles. The van der Waals surface area contributed by atoms with Gasteiger partial charge in [0.1, 0.15) is 11.3 Å². The van der Waals surface area contributed by atoms with Crippen molar-refractivity contribution in [3.05, 3.63) is 74.9 Å². The van der Waals surface area contributed by atoms with E-state index < -0.39 is 11.9 Å². The second-order valence-corrected chi connectivity index (χ2v) is 8.08. The SMILES string of the molecule is CCOC(=O)C1=C(N)Oc2c(c(=O)n3c4c(cccc24)CCC3)C1c1ccc(O)c(OC)c1. The molecule has 1 aromatic heterocycles. The van der Waals surface area contributed by atoms with Crippen LogP contribution in [0.2, 0.25) is 0 Å². The number of benzene rings is 2. The topological polar surface area (TPSA) is 113 Å². The minimum atomic E-state index is -0.853. The van der Waals surface area contributed by atoms with Gasteiger partial charge in [0.05, 0.1) is 30.7 Å². The number of fused-ring (bicyclic) bond motifs is 2. The monoisotopic (exact) mass is 448 g/mol. The number of phenols is 1. The third-order valence-corrected chi connectivity index (χ3v) is 6.27. The number of hydrogen-bond donors (Lipinski definition) is 2. The number of carbonyl (C=O) groups excluding carboxylic acids is 1. The number of para-hydroxylation sites is 1. The molecule has 33 heavy (non-hydrogen) atoms. The zero-order valence-electron chi connectivity index (χ0n) is 18.4. The molecule has 0 aliphatic carbocycles. The summed E-state index contributed by atoms with van der Waals surface area (Å²) in [4.78, 5) is 26.9. The Labute approximate surface area is 189 Å². The number of carbonyl (C=O) groups is 1. The molecule has 3 N–H and O–H groups in total. The van der Waals surface area contributed by atoms with E-state index >= 15 is 0 Å². The maximum absolute atomic E-state index is 13.9.